The second-order valence-corrected chi connectivity index (χ2v) is 26.8. The lowest BCUT2D eigenvalue weighted by Crippen LogP contribution is -2.51. The summed E-state index contributed by atoms with van der Waals surface area (Å²) in [5, 5.41) is 30.8. The number of allylic oxidation sites excluding steroid dienone is 2. The summed E-state index contributed by atoms with van der Waals surface area (Å²) in [4.78, 5) is 40.4. The fourth-order valence-corrected chi connectivity index (χ4v) is 16.3. The largest absolute Gasteiger partial charge is 0.550 e. The zero-order valence-electron chi connectivity index (χ0n) is 43.7. The van der Waals surface area contributed by atoms with Crippen LogP contribution < -0.4 is 19.5 Å². The third-order valence-corrected chi connectivity index (χ3v) is 20.4. The monoisotopic (exact) mass is 1020 g/mol. The molecule has 0 aromatic heterocycles. The molecule has 1 fully saturated rings. The predicted octanol–water partition coefficient (Wildman–Crippen LogP) is 10.5. The number of nitro groups is 1. The van der Waals surface area contributed by atoms with Gasteiger partial charge < -0.3 is 42.7 Å². The second kappa shape index (κ2) is 25.9. The molecule has 3 unspecified atom stereocenters. The zero-order valence-corrected chi connectivity index (χ0v) is 45.5. The first-order valence-electron chi connectivity index (χ1n) is 24.1. The summed E-state index contributed by atoms with van der Waals surface area (Å²) in [5.41, 5.74) is -0.631. The highest BCUT2D eigenvalue weighted by Gasteiger charge is 2.49. The van der Waals surface area contributed by atoms with Crippen molar-refractivity contribution in [3.05, 3.63) is 81.6 Å². The van der Waals surface area contributed by atoms with Crippen molar-refractivity contribution in [2.45, 2.75) is 173 Å². The van der Waals surface area contributed by atoms with Gasteiger partial charge in [-0.2, -0.15) is 0 Å². The van der Waals surface area contributed by atoms with E-state index in [0.717, 1.165) is 11.6 Å². The van der Waals surface area contributed by atoms with Gasteiger partial charge in [-0.25, -0.2) is 13.2 Å². The SMILES string of the molecule is CCO/C(=C/CC[C@H](C)[C@@H](O[Si](C(C)C)(C(C)C)C(C)C)C(C)=CCC(c1cc(OC)cc([N+](=O)[O-])c1OC(=O)OC(C)(C)C)S(=O)(=O)c1ccccc1)C(N=[N+]=NC1CC1C(=O)[O-])(OCC)OCC. The number of sulfone groups is 1. The summed E-state index contributed by atoms with van der Waals surface area (Å²) in [7, 11) is -5.73. The maximum atomic E-state index is 14.9. The average molecular weight is 1020 g/mol. The van der Waals surface area contributed by atoms with Gasteiger partial charge in [0.1, 0.15) is 22.5 Å². The van der Waals surface area contributed by atoms with Crippen LogP contribution in [0, 0.1) is 22.0 Å². The number of aliphatic carboxylic acids is 1. The topological polar surface area (TPSA) is 238 Å². The molecule has 0 spiro atoms. The highest BCUT2D eigenvalue weighted by molar-refractivity contribution is 7.91. The maximum Gasteiger partial charge on any atom is 0.514 e. The van der Waals surface area contributed by atoms with Crippen molar-refractivity contribution in [3.8, 4) is 11.5 Å². The molecule has 2 aromatic carbocycles. The second-order valence-electron chi connectivity index (χ2n) is 19.3. The minimum atomic E-state index is -4.38. The van der Waals surface area contributed by atoms with Crippen LogP contribution >= 0.6 is 0 Å². The number of carbonyl (C=O) groups is 2. The Morgan fingerprint density at radius 1 is 0.943 bits per heavy atom. The van der Waals surface area contributed by atoms with E-state index >= 15 is 0 Å². The Kier molecular flexibility index (Phi) is 22.0. The van der Waals surface area contributed by atoms with E-state index in [9.17, 15) is 33.2 Å². The Morgan fingerprint density at radius 2 is 1.54 bits per heavy atom. The van der Waals surface area contributed by atoms with Crippen molar-refractivity contribution in [2.75, 3.05) is 26.9 Å². The third-order valence-electron chi connectivity index (χ3n) is 12.2. The molecule has 0 aliphatic heterocycles. The number of carboxylic acids is 1. The van der Waals surface area contributed by atoms with E-state index in [4.69, 9.17) is 32.8 Å². The van der Waals surface area contributed by atoms with E-state index < -0.39 is 81.5 Å². The number of rotatable bonds is 28. The molecule has 0 bridgehead atoms. The molecule has 20 heteroatoms. The molecule has 1 aliphatic carbocycles. The first kappa shape index (κ1) is 59.3. The molecule has 1 saturated carbocycles. The predicted molar refractivity (Wildman–Crippen MR) is 265 cm³/mol. The highest BCUT2D eigenvalue weighted by Crippen LogP contribution is 2.47. The van der Waals surface area contributed by atoms with Crippen molar-refractivity contribution >= 4 is 36.0 Å². The van der Waals surface area contributed by atoms with Crippen molar-refractivity contribution in [3.63, 3.8) is 0 Å². The van der Waals surface area contributed by atoms with Crippen LogP contribution in [0.3, 0.4) is 0 Å². The molecule has 0 N–H and O–H groups in total. The van der Waals surface area contributed by atoms with Crippen molar-refractivity contribution in [1.82, 2.24) is 4.91 Å². The molecule has 390 valence electrons. The third kappa shape index (κ3) is 15.3. The lowest BCUT2D eigenvalue weighted by molar-refractivity contribution is -0.385. The van der Waals surface area contributed by atoms with Gasteiger partial charge in [0.25, 0.3) is 0 Å². The summed E-state index contributed by atoms with van der Waals surface area (Å²) in [6.45, 7) is 27.7. The van der Waals surface area contributed by atoms with Gasteiger partial charge >= 0.3 is 17.8 Å². The molecular formula is C50H76N4O14SSi. The smallest absolute Gasteiger partial charge is 0.514 e. The average Bonchev–Trinajstić information content (AvgIpc) is 4.06. The Hall–Kier alpha value is -4.98. The summed E-state index contributed by atoms with van der Waals surface area (Å²) >= 11 is 0. The van der Waals surface area contributed by atoms with Crippen LogP contribution in [0.25, 0.3) is 0 Å². The number of carboxylic acid groups (broad SMARTS) is 1. The molecule has 0 radical (unpaired) electrons. The van der Waals surface area contributed by atoms with Crippen LogP contribution in [0.2, 0.25) is 16.6 Å². The minimum absolute atomic E-state index is 0.0241. The maximum absolute atomic E-state index is 14.9. The Bertz CT molecular complexity index is 2300. The number of benzene rings is 2. The molecule has 1 aliphatic rings. The van der Waals surface area contributed by atoms with E-state index in [1.807, 2.05) is 19.9 Å². The fourth-order valence-electron chi connectivity index (χ4n) is 8.92. The van der Waals surface area contributed by atoms with Crippen LogP contribution in [-0.4, -0.2) is 84.4 Å². The van der Waals surface area contributed by atoms with Crippen LogP contribution in [0.1, 0.15) is 133 Å². The number of nitrogens with zero attached hydrogens (tertiary/aromatic N) is 4. The van der Waals surface area contributed by atoms with E-state index in [0.29, 0.717) is 19.3 Å². The van der Waals surface area contributed by atoms with Gasteiger partial charge in [0.15, 0.2) is 20.7 Å². The quantitative estimate of drug-likeness (QED) is 0.00736. The molecule has 2 aromatic rings. The van der Waals surface area contributed by atoms with Gasteiger partial charge in [-0.15, -0.1) is 0 Å². The van der Waals surface area contributed by atoms with Crippen LogP contribution in [-0.2, 0) is 38.0 Å². The van der Waals surface area contributed by atoms with E-state index in [1.54, 1.807) is 58.9 Å². The summed E-state index contributed by atoms with van der Waals surface area (Å²) < 4.78 is 72.2. The van der Waals surface area contributed by atoms with Crippen molar-refractivity contribution in [2.24, 2.45) is 22.1 Å². The normalized spacial score (nSPS) is 17.1. The molecule has 5 atom stereocenters. The van der Waals surface area contributed by atoms with Crippen molar-refractivity contribution < 1.29 is 60.9 Å². The van der Waals surface area contributed by atoms with Gasteiger partial charge in [-0.05, 0) is 127 Å². The number of methoxy groups -OCH3 is 1. The molecule has 70 heavy (non-hydrogen) atoms. The zero-order chi connectivity index (χ0) is 52.8. The van der Waals surface area contributed by atoms with E-state index in [-0.39, 0.29) is 70.8 Å². The van der Waals surface area contributed by atoms with Gasteiger partial charge in [0, 0.05) is 30.7 Å². The lowest BCUT2D eigenvalue weighted by atomic mass is 9.92. The Labute approximate surface area is 415 Å². The molecule has 0 saturated heterocycles. The summed E-state index contributed by atoms with van der Waals surface area (Å²) in [6.07, 6.45) is 2.83. The Morgan fingerprint density at radius 3 is 2.03 bits per heavy atom. The number of hydrogen-bond acceptors (Lipinski definition) is 16. The summed E-state index contributed by atoms with van der Waals surface area (Å²) in [5.74, 6) is -4.31. The standard InChI is InChI=1S/C50H76N4O14SSi/c1-16-63-44(50(64-17-2,65-18-3)52-53-51-41-31-39(41)47(55)56)26-22-23-35(10)45(68-70(32(4)5,33(6)7)34(8)9)36(11)27-28-43(69(60,61)38-24-20-19-21-25-38)40-29-37(62-15)30-42(54(58)59)46(40)66-48(57)67-49(12,13)14/h19-21,24-27,29-30,32-35,39,41,43,45H,16-18,22-23,28,31H2,1-15H3/b36-27?,44-26+/t35-,39?,41?,43?,45+/m0/s1. The molecule has 0 heterocycles. The van der Waals surface area contributed by atoms with Crippen molar-refractivity contribution in [1.29, 1.82) is 0 Å². The van der Waals surface area contributed by atoms with Gasteiger partial charge in [0.05, 0.1) is 41.0 Å². The fraction of sp³-hybridized carbons (Fsp3) is 0.640. The summed E-state index contributed by atoms with van der Waals surface area (Å²) in [6, 6.07) is 9.55. The molecular weight excluding hydrogens is 941 g/mol. The number of hydrogen-bond donors (Lipinski definition) is 0. The lowest BCUT2D eigenvalue weighted by Gasteiger charge is -2.46. The highest BCUT2D eigenvalue weighted by atomic mass is 32.2. The van der Waals surface area contributed by atoms with Crippen LogP contribution in [0.5, 0.6) is 11.5 Å². The molecule has 18 nitrogen and oxygen atoms in total. The van der Waals surface area contributed by atoms with Crippen LogP contribution in [0.15, 0.2) is 81.1 Å². The number of nitro benzene ring substituents is 1. The molecule has 0 amide bonds. The Balaban J connectivity index is 2.28. The minimum Gasteiger partial charge on any atom is -0.550 e. The first-order chi connectivity index (χ1) is 32.8. The van der Waals surface area contributed by atoms with Crippen LogP contribution in [0.4, 0.5) is 10.5 Å². The molecule has 3 rings (SSSR count). The van der Waals surface area contributed by atoms with Gasteiger partial charge in [0.2, 0.25) is 19.0 Å². The van der Waals surface area contributed by atoms with E-state index in [1.165, 1.54) is 25.3 Å². The van der Waals surface area contributed by atoms with Gasteiger partial charge in [-0.1, -0.05) is 72.7 Å². The van der Waals surface area contributed by atoms with Gasteiger partial charge in [-0.3, -0.25) is 10.1 Å². The first-order valence-corrected chi connectivity index (χ1v) is 27.8. The number of carbonyl (C=O) groups excluding carboxylic acids is 2. The van der Waals surface area contributed by atoms with E-state index in [2.05, 4.69) is 63.6 Å². The number of ether oxygens (including phenoxy) is 6.